The molecule has 0 aliphatic rings. The average Bonchev–Trinajstić information content (AvgIpc) is 2.85. The average molecular weight is 288 g/mol. The second-order valence-electron chi connectivity index (χ2n) is 4.41. The van der Waals surface area contributed by atoms with Gasteiger partial charge in [-0.05, 0) is 31.2 Å². The molecule has 3 aromatic rings. The van der Waals surface area contributed by atoms with Gasteiger partial charge in [0.25, 0.3) is 0 Å². The first-order chi connectivity index (χ1) is 9.56. The molecule has 0 fully saturated rings. The smallest absolute Gasteiger partial charge is 0.336 e. The van der Waals surface area contributed by atoms with Crippen LogP contribution in [0.2, 0.25) is 5.02 Å². The zero-order chi connectivity index (χ0) is 14.3. The van der Waals surface area contributed by atoms with E-state index in [0.29, 0.717) is 27.4 Å². The lowest BCUT2D eigenvalue weighted by Crippen LogP contribution is -2.00. The van der Waals surface area contributed by atoms with E-state index in [1.54, 1.807) is 30.3 Å². The van der Waals surface area contributed by atoms with Gasteiger partial charge in [-0.25, -0.2) is 9.78 Å². The molecule has 20 heavy (non-hydrogen) atoms. The van der Waals surface area contributed by atoms with Crippen LogP contribution in [-0.4, -0.2) is 16.1 Å². The molecule has 0 saturated carbocycles. The van der Waals surface area contributed by atoms with Gasteiger partial charge in [0, 0.05) is 5.39 Å². The number of furan rings is 1. The van der Waals surface area contributed by atoms with Crippen molar-refractivity contribution in [3.8, 4) is 11.5 Å². The molecule has 1 N–H and O–H groups in total. The van der Waals surface area contributed by atoms with Crippen molar-refractivity contribution in [2.45, 2.75) is 6.92 Å². The Hall–Kier alpha value is -2.33. The van der Waals surface area contributed by atoms with E-state index in [1.807, 2.05) is 6.92 Å². The number of carboxylic acids is 1. The molecule has 3 rings (SSSR count). The monoisotopic (exact) mass is 287 g/mol. The molecular formula is C15H10ClNO3. The van der Waals surface area contributed by atoms with Crippen LogP contribution in [-0.2, 0) is 0 Å². The Bertz CT molecular complexity index is 823. The van der Waals surface area contributed by atoms with E-state index in [0.717, 1.165) is 5.76 Å². The summed E-state index contributed by atoms with van der Waals surface area (Å²) in [5, 5.41) is 10.3. The minimum Gasteiger partial charge on any atom is -0.478 e. The molecule has 100 valence electrons. The molecule has 1 aromatic carbocycles. The van der Waals surface area contributed by atoms with E-state index in [4.69, 9.17) is 16.0 Å². The number of benzene rings is 1. The van der Waals surface area contributed by atoms with Gasteiger partial charge >= 0.3 is 5.97 Å². The molecule has 0 spiro atoms. The summed E-state index contributed by atoms with van der Waals surface area (Å²) in [7, 11) is 0. The number of hydrogen-bond acceptors (Lipinski definition) is 3. The maximum atomic E-state index is 11.4. The minimum absolute atomic E-state index is 0.154. The molecule has 0 radical (unpaired) electrons. The Balaban J connectivity index is 2.35. The van der Waals surface area contributed by atoms with Crippen LogP contribution >= 0.6 is 11.6 Å². The van der Waals surface area contributed by atoms with Gasteiger partial charge in [0.1, 0.15) is 11.5 Å². The molecule has 0 unspecified atom stereocenters. The Morgan fingerprint density at radius 2 is 2.10 bits per heavy atom. The first kappa shape index (κ1) is 12.7. The number of nitrogens with zero attached hydrogens (tertiary/aromatic N) is 1. The summed E-state index contributed by atoms with van der Waals surface area (Å²) in [6.07, 6.45) is 0. The molecule has 0 amide bonds. The first-order valence-electron chi connectivity index (χ1n) is 5.95. The van der Waals surface area contributed by atoms with Gasteiger partial charge < -0.3 is 9.52 Å². The van der Waals surface area contributed by atoms with Crippen molar-refractivity contribution < 1.29 is 14.3 Å². The summed E-state index contributed by atoms with van der Waals surface area (Å²) < 4.78 is 5.49. The summed E-state index contributed by atoms with van der Waals surface area (Å²) in [6, 6.07) is 10.1. The molecule has 0 aliphatic heterocycles. The predicted octanol–water partition coefficient (Wildman–Crippen LogP) is 4.15. The van der Waals surface area contributed by atoms with Gasteiger partial charge in [-0.2, -0.15) is 0 Å². The van der Waals surface area contributed by atoms with E-state index < -0.39 is 5.97 Å². The maximum Gasteiger partial charge on any atom is 0.336 e. The van der Waals surface area contributed by atoms with Crippen LogP contribution in [0.1, 0.15) is 16.1 Å². The van der Waals surface area contributed by atoms with Gasteiger partial charge in [0.2, 0.25) is 0 Å². The number of carboxylic acid groups (broad SMARTS) is 1. The van der Waals surface area contributed by atoms with Crippen LogP contribution < -0.4 is 0 Å². The van der Waals surface area contributed by atoms with E-state index in [2.05, 4.69) is 4.98 Å². The van der Waals surface area contributed by atoms with Crippen LogP contribution in [0.3, 0.4) is 0 Å². The van der Waals surface area contributed by atoms with E-state index in [-0.39, 0.29) is 5.56 Å². The number of para-hydroxylation sites is 1. The highest BCUT2D eigenvalue weighted by atomic mass is 35.5. The topological polar surface area (TPSA) is 63.3 Å². The number of halogens is 1. The third kappa shape index (κ3) is 2.04. The third-order valence-corrected chi connectivity index (χ3v) is 3.32. The SMILES string of the molecule is Cc1ccc(-c2cc(C(=O)O)c3cccc(Cl)c3n2)o1. The van der Waals surface area contributed by atoms with Crippen LogP contribution in [0.25, 0.3) is 22.4 Å². The fourth-order valence-electron chi connectivity index (χ4n) is 2.09. The number of fused-ring (bicyclic) bond motifs is 1. The molecule has 0 atom stereocenters. The summed E-state index contributed by atoms with van der Waals surface area (Å²) in [6.45, 7) is 1.82. The lowest BCUT2D eigenvalue weighted by Gasteiger charge is -2.06. The maximum absolute atomic E-state index is 11.4. The molecule has 5 heteroatoms. The van der Waals surface area contributed by atoms with Gasteiger partial charge in [0.15, 0.2) is 5.76 Å². The number of aromatic nitrogens is 1. The molecule has 0 bridgehead atoms. The second kappa shape index (κ2) is 4.65. The van der Waals surface area contributed by atoms with Gasteiger partial charge in [-0.3, -0.25) is 0 Å². The number of rotatable bonds is 2. The normalized spacial score (nSPS) is 10.9. The lowest BCUT2D eigenvalue weighted by atomic mass is 10.1. The summed E-state index contributed by atoms with van der Waals surface area (Å²) in [5.41, 5.74) is 1.07. The standard InChI is InChI=1S/C15H10ClNO3/c1-8-5-6-13(20-8)12-7-10(15(18)19)9-3-2-4-11(16)14(9)17-12/h2-7H,1H3,(H,18,19). The van der Waals surface area contributed by atoms with Crippen molar-refractivity contribution in [3.05, 3.63) is 52.7 Å². The van der Waals surface area contributed by atoms with Crippen molar-refractivity contribution in [1.82, 2.24) is 4.98 Å². The van der Waals surface area contributed by atoms with Crippen molar-refractivity contribution in [1.29, 1.82) is 0 Å². The van der Waals surface area contributed by atoms with Gasteiger partial charge in [-0.1, -0.05) is 23.7 Å². The molecule has 2 aromatic heterocycles. The largest absolute Gasteiger partial charge is 0.478 e. The molecule has 0 saturated heterocycles. The van der Waals surface area contributed by atoms with Crippen molar-refractivity contribution in [2.24, 2.45) is 0 Å². The quantitative estimate of drug-likeness (QED) is 0.769. The van der Waals surface area contributed by atoms with Gasteiger partial charge in [-0.15, -0.1) is 0 Å². The molecule has 0 aliphatic carbocycles. The summed E-state index contributed by atoms with van der Waals surface area (Å²) >= 11 is 6.11. The zero-order valence-electron chi connectivity index (χ0n) is 10.6. The highest BCUT2D eigenvalue weighted by Crippen LogP contribution is 2.29. The number of pyridine rings is 1. The predicted molar refractivity (Wildman–Crippen MR) is 76.2 cm³/mol. The molecular weight excluding hydrogens is 278 g/mol. The lowest BCUT2D eigenvalue weighted by molar-refractivity contribution is 0.0699. The van der Waals surface area contributed by atoms with E-state index in [9.17, 15) is 9.90 Å². The Kier molecular flexibility index (Phi) is 2.95. The fourth-order valence-corrected chi connectivity index (χ4v) is 2.31. The van der Waals surface area contributed by atoms with Crippen LogP contribution in [0.5, 0.6) is 0 Å². The van der Waals surface area contributed by atoms with Crippen LogP contribution in [0, 0.1) is 6.92 Å². The van der Waals surface area contributed by atoms with Crippen molar-refractivity contribution in [2.75, 3.05) is 0 Å². The zero-order valence-corrected chi connectivity index (χ0v) is 11.3. The highest BCUT2D eigenvalue weighted by Gasteiger charge is 2.15. The Morgan fingerprint density at radius 3 is 2.75 bits per heavy atom. The Labute approximate surface area is 119 Å². The molecule has 4 nitrogen and oxygen atoms in total. The van der Waals surface area contributed by atoms with Crippen LogP contribution in [0.15, 0.2) is 40.8 Å². The second-order valence-corrected chi connectivity index (χ2v) is 4.81. The Morgan fingerprint density at radius 1 is 1.30 bits per heavy atom. The summed E-state index contributed by atoms with van der Waals surface area (Å²) in [4.78, 5) is 15.8. The first-order valence-corrected chi connectivity index (χ1v) is 6.33. The van der Waals surface area contributed by atoms with Crippen molar-refractivity contribution in [3.63, 3.8) is 0 Å². The van der Waals surface area contributed by atoms with E-state index >= 15 is 0 Å². The number of aromatic carboxylic acids is 1. The van der Waals surface area contributed by atoms with Crippen LogP contribution in [0.4, 0.5) is 0 Å². The fraction of sp³-hybridized carbons (Fsp3) is 0.0667. The number of hydrogen-bond donors (Lipinski definition) is 1. The number of carbonyl (C=O) groups is 1. The number of aryl methyl sites for hydroxylation is 1. The highest BCUT2D eigenvalue weighted by molar-refractivity contribution is 6.35. The van der Waals surface area contributed by atoms with Gasteiger partial charge in [0.05, 0.1) is 16.1 Å². The minimum atomic E-state index is -1.02. The third-order valence-electron chi connectivity index (χ3n) is 3.01. The van der Waals surface area contributed by atoms with E-state index in [1.165, 1.54) is 6.07 Å². The molecule has 2 heterocycles. The summed E-state index contributed by atoms with van der Waals surface area (Å²) in [5.74, 6) is 0.231. The van der Waals surface area contributed by atoms with Crippen molar-refractivity contribution >= 4 is 28.5 Å².